The zero-order valence-corrected chi connectivity index (χ0v) is 12.8. The van der Waals surface area contributed by atoms with Gasteiger partial charge in [0.1, 0.15) is 0 Å². The van der Waals surface area contributed by atoms with E-state index in [1.54, 1.807) is 0 Å². The Morgan fingerprint density at radius 1 is 1.37 bits per heavy atom. The molecule has 0 aliphatic heterocycles. The summed E-state index contributed by atoms with van der Waals surface area (Å²) in [5.41, 5.74) is 0.823. The van der Waals surface area contributed by atoms with Crippen LogP contribution in [-0.4, -0.2) is 20.5 Å². The predicted octanol–water partition coefficient (Wildman–Crippen LogP) is 3.32. The largest absolute Gasteiger partial charge is 0.389 e. The van der Waals surface area contributed by atoms with Gasteiger partial charge in [0.05, 0.1) is 11.3 Å². The molecule has 1 aliphatic rings. The Bertz CT molecular complexity index is 419. The Hall–Kier alpha value is -0.830. The Balaban J connectivity index is 2.01. The zero-order valence-electron chi connectivity index (χ0n) is 12.8. The molecule has 2 unspecified atom stereocenters. The number of nitrogens with zero attached hydrogens (tertiary/aromatic N) is 2. The lowest BCUT2D eigenvalue weighted by atomic mass is 9.76. The fourth-order valence-corrected chi connectivity index (χ4v) is 3.33. The molecule has 1 aliphatic carbocycles. The molecule has 0 bridgehead atoms. The normalized spacial score (nSPS) is 29.2. The van der Waals surface area contributed by atoms with Gasteiger partial charge in [0, 0.05) is 19.7 Å². The minimum absolute atomic E-state index is 0.357. The van der Waals surface area contributed by atoms with Crippen LogP contribution in [0.3, 0.4) is 0 Å². The van der Waals surface area contributed by atoms with Crippen molar-refractivity contribution in [3.8, 4) is 0 Å². The lowest BCUT2D eigenvalue weighted by Crippen LogP contribution is -2.31. The van der Waals surface area contributed by atoms with E-state index < -0.39 is 5.60 Å². The molecule has 1 heterocycles. The summed E-state index contributed by atoms with van der Waals surface area (Å²) in [6.07, 6.45) is 7.98. The number of hydrogen-bond acceptors (Lipinski definition) is 2. The first-order chi connectivity index (χ1) is 8.78. The lowest BCUT2D eigenvalue weighted by molar-refractivity contribution is 0.0215. The Kier molecular flexibility index (Phi) is 4.05. The molecule has 0 saturated heterocycles. The van der Waals surface area contributed by atoms with Gasteiger partial charge in [-0.15, -0.1) is 0 Å². The SMILES string of the molecule is Cn1ccc(CC2(O)CCCC(C(C)(C)C)CC2)n1. The van der Waals surface area contributed by atoms with Crippen molar-refractivity contribution in [2.24, 2.45) is 18.4 Å². The van der Waals surface area contributed by atoms with Gasteiger partial charge in [-0.1, -0.05) is 27.2 Å². The molecular weight excluding hydrogens is 236 g/mol. The van der Waals surface area contributed by atoms with E-state index in [4.69, 9.17) is 0 Å². The maximum Gasteiger partial charge on any atom is 0.0703 e. The molecule has 0 spiro atoms. The van der Waals surface area contributed by atoms with Gasteiger partial charge in [0.15, 0.2) is 0 Å². The first kappa shape index (κ1) is 14.6. The Morgan fingerprint density at radius 2 is 2.11 bits per heavy atom. The van der Waals surface area contributed by atoms with Gasteiger partial charge >= 0.3 is 0 Å². The van der Waals surface area contributed by atoms with E-state index >= 15 is 0 Å². The van der Waals surface area contributed by atoms with Crippen LogP contribution in [-0.2, 0) is 13.5 Å². The van der Waals surface area contributed by atoms with Crippen LogP contribution in [0.5, 0.6) is 0 Å². The van der Waals surface area contributed by atoms with Crippen molar-refractivity contribution in [3.05, 3.63) is 18.0 Å². The highest BCUT2D eigenvalue weighted by Crippen LogP contribution is 2.40. The van der Waals surface area contributed by atoms with E-state index in [9.17, 15) is 5.11 Å². The fourth-order valence-electron chi connectivity index (χ4n) is 3.33. The van der Waals surface area contributed by atoms with Crippen molar-refractivity contribution in [2.45, 2.75) is 64.9 Å². The molecule has 3 heteroatoms. The summed E-state index contributed by atoms with van der Waals surface area (Å²) in [5, 5.41) is 15.3. The van der Waals surface area contributed by atoms with Crippen LogP contribution >= 0.6 is 0 Å². The second-order valence-electron chi connectivity index (χ2n) is 7.38. The van der Waals surface area contributed by atoms with E-state index in [1.165, 1.54) is 6.42 Å². The minimum Gasteiger partial charge on any atom is -0.389 e. The third-order valence-electron chi connectivity index (χ3n) is 4.66. The van der Waals surface area contributed by atoms with Gasteiger partial charge in [-0.05, 0) is 43.1 Å². The molecule has 0 aromatic carbocycles. The van der Waals surface area contributed by atoms with Crippen molar-refractivity contribution in [3.63, 3.8) is 0 Å². The third kappa shape index (κ3) is 3.82. The number of hydrogen-bond donors (Lipinski definition) is 1. The molecule has 108 valence electrons. The molecule has 1 aromatic heterocycles. The van der Waals surface area contributed by atoms with Crippen LogP contribution in [0.4, 0.5) is 0 Å². The molecule has 1 N–H and O–H groups in total. The van der Waals surface area contributed by atoms with Gasteiger partial charge in [0.25, 0.3) is 0 Å². The maximum absolute atomic E-state index is 10.8. The second-order valence-corrected chi connectivity index (χ2v) is 7.38. The predicted molar refractivity (Wildman–Crippen MR) is 77.9 cm³/mol. The van der Waals surface area contributed by atoms with Crippen molar-refractivity contribution < 1.29 is 5.11 Å². The highest BCUT2D eigenvalue weighted by Gasteiger charge is 2.35. The molecule has 0 amide bonds. The average molecular weight is 264 g/mol. The van der Waals surface area contributed by atoms with Crippen LogP contribution in [0.15, 0.2) is 12.3 Å². The number of aliphatic hydroxyl groups is 1. The summed E-state index contributed by atoms with van der Waals surface area (Å²) >= 11 is 0. The average Bonchev–Trinajstić information content (AvgIpc) is 2.56. The molecule has 2 atom stereocenters. The second kappa shape index (κ2) is 5.28. The smallest absolute Gasteiger partial charge is 0.0703 e. The number of rotatable bonds is 2. The van der Waals surface area contributed by atoms with Crippen LogP contribution in [0.2, 0.25) is 0 Å². The maximum atomic E-state index is 10.8. The molecule has 1 fully saturated rings. The molecule has 0 radical (unpaired) electrons. The topological polar surface area (TPSA) is 38.0 Å². The van der Waals surface area contributed by atoms with E-state index in [0.29, 0.717) is 11.8 Å². The zero-order chi connectivity index (χ0) is 14.1. The van der Waals surface area contributed by atoms with Crippen molar-refractivity contribution in [1.82, 2.24) is 9.78 Å². The van der Waals surface area contributed by atoms with Gasteiger partial charge < -0.3 is 5.11 Å². The van der Waals surface area contributed by atoms with Gasteiger partial charge in [-0.2, -0.15) is 5.10 Å². The lowest BCUT2D eigenvalue weighted by Gasteiger charge is -2.30. The summed E-state index contributed by atoms with van der Waals surface area (Å²) in [4.78, 5) is 0. The van der Waals surface area contributed by atoms with Crippen LogP contribution in [0, 0.1) is 11.3 Å². The quantitative estimate of drug-likeness (QED) is 0.832. The summed E-state index contributed by atoms with van der Waals surface area (Å²) < 4.78 is 1.81. The third-order valence-corrected chi connectivity index (χ3v) is 4.66. The minimum atomic E-state index is -0.547. The molecular formula is C16H28N2O. The van der Waals surface area contributed by atoms with E-state index in [0.717, 1.165) is 37.3 Å². The summed E-state index contributed by atoms with van der Waals surface area (Å²) in [6, 6.07) is 2.02. The molecule has 3 nitrogen and oxygen atoms in total. The van der Waals surface area contributed by atoms with Crippen LogP contribution in [0.1, 0.15) is 58.6 Å². The molecule has 1 aromatic rings. The number of aromatic nitrogens is 2. The van der Waals surface area contributed by atoms with Gasteiger partial charge in [-0.25, -0.2) is 0 Å². The molecule has 19 heavy (non-hydrogen) atoms. The standard InChI is InChI=1S/C16H28N2O/c1-15(2,3)13-6-5-9-16(19,10-7-13)12-14-8-11-18(4)17-14/h8,11,13,19H,5-7,9-10,12H2,1-4H3. The summed E-state index contributed by atoms with van der Waals surface area (Å²) in [7, 11) is 1.93. The van der Waals surface area contributed by atoms with E-state index in [-0.39, 0.29) is 0 Å². The Morgan fingerprint density at radius 3 is 2.68 bits per heavy atom. The van der Waals surface area contributed by atoms with Crippen LogP contribution in [0.25, 0.3) is 0 Å². The summed E-state index contributed by atoms with van der Waals surface area (Å²) in [5.74, 6) is 0.727. The fraction of sp³-hybridized carbons (Fsp3) is 0.812. The van der Waals surface area contributed by atoms with Crippen molar-refractivity contribution in [1.29, 1.82) is 0 Å². The Labute approximate surface area is 117 Å². The first-order valence-electron chi connectivity index (χ1n) is 7.49. The highest BCUT2D eigenvalue weighted by molar-refractivity contribution is 5.04. The summed E-state index contributed by atoms with van der Waals surface area (Å²) in [6.45, 7) is 6.96. The van der Waals surface area contributed by atoms with E-state index in [1.807, 2.05) is 24.0 Å². The van der Waals surface area contributed by atoms with Crippen molar-refractivity contribution >= 4 is 0 Å². The van der Waals surface area contributed by atoms with Crippen LogP contribution < -0.4 is 0 Å². The monoisotopic (exact) mass is 264 g/mol. The number of aryl methyl sites for hydroxylation is 1. The van der Waals surface area contributed by atoms with Gasteiger partial charge in [-0.3, -0.25) is 4.68 Å². The first-order valence-corrected chi connectivity index (χ1v) is 7.49. The van der Waals surface area contributed by atoms with Gasteiger partial charge in [0.2, 0.25) is 0 Å². The highest BCUT2D eigenvalue weighted by atomic mass is 16.3. The molecule has 1 saturated carbocycles. The molecule has 2 rings (SSSR count). The van der Waals surface area contributed by atoms with E-state index in [2.05, 4.69) is 25.9 Å². The van der Waals surface area contributed by atoms with Crippen molar-refractivity contribution in [2.75, 3.05) is 0 Å².